The van der Waals surface area contributed by atoms with Gasteiger partial charge in [-0.25, -0.2) is 8.42 Å². The Kier molecular flexibility index (Phi) is 5.78. The van der Waals surface area contributed by atoms with Gasteiger partial charge < -0.3 is 9.32 Å². The molecule has 1 saturated heterocycles. The highest BCUT2D eigenvalue weighted by atomic mass is 32.2. The Hall–Kier alpha value is -1.82. The van der Waals surface area contributed by atoms with Crippen molar-refractivity contribution in [2.75, 3.05) is 18.0 Å². The molecule has 1 aromatic carbocycles. The predicted octanol–water partition coefficient (Wildman–Crippen LogP) is 4.23. The topological polar surface area (TPSA) is 63.4 Å². The molecule has 1 aliphatic heterocycles. The van der Waals surface area contributed by atoms with Crippen LogP contribution in [-0.2, 0) is 16.3 Å². The quantitative estimate of drug-likeness (QED) is 0.690. The second-order valence-electron chi connectivity index (χ2n) is 6.54. The normalized spacial score (nSPS) is 15.5. The van der Waals surface area contributed by atoms with Gasteiger partial charge in [0, 0.05) is 19.5 Å². The van der Waals surface area contributed by atoms with E-state index in [1.807, 2.05) is 11.0 Å². The number of aryl methyl sites for hydroxylation is 1. The molecule has 1 aromatic heterocycles. The molecule has 2 aromatic rings. The third-order valence-electron chi connectivity index (χ3n) is 4.57. The van der Waals surface area contributed by atoms with Crippen molar-refractivity contribution in [3.8, 4) is 0 Å². The first-order valence-corrected chi connectivity index (χ1v) is 10.7. The van der Waals surface area contributed by atoms with Gasteiger partial charge in [-0.2, -0.15) is 4.98 Å². The van der Waals surface area contributed by atoms with Crippen molar-refractivity contribution in [1.82, 2.24) is 4.98 Å². The van der Waals surface area contributed by atoms with E-state index in [9.17, 15) is 8.42 Å². The van der Waals surface area contributed by atoms with E-state index in [1.165, 1.54) is 6.42 Å². The Bertz CT molecular complexity index is 778. The number of aromatic nitrogens is 1. The van der Waals surface area contributed by atoms with Crippen LogP contribution < -0.4 is 4.90 Å². The lowest BCUT2D eigenvalue weighted by atomic mass is 10.1. The summed E-state index contributed by atoms with van der Waals surface area (Å²) in [6.07, 6.45) is 7.11. The fourth-order valence-corrected chi connectivity index (χ4v) is 4.52. The van der Waals surface area contributed by atoms with E-state index in [-0.39, 0.29) is 9.92 Å². The summed E-state index contributed by atoms with van der Waals surface area (Å²) in [5, 5.41) is 0.0760. The lowest BCUT2D eigenvalue weighted by molar-refractivity contribution is 0.455. The third-order valence-corrected chi connectivity index (χ3v) is 6.24. The van der Waals surface area contributed by atoms with Crippen molar-refractivity contribution >= 4 is 15.7 Å². The van der Waals surface area contributed by atoms with Gasteiger partial charge in [-0.05, 0) is 37.8 Å². The molecule has 6 heteroatoms. The van der Waals surface area contributed by atoms with Gasteiger partial charge in [0.2, 0.25) is 20.7 Å². The summed E-state index contributed by atoms with van der Waals surface area (Å²) in [5.41, 5.74) is 0. The standard InChI is InChI=1S/C19H26N2O3S/c1-2-3-6-13-17-20-18(19(24-17)21-14-9-5-10-15-21)25(22,23)16-11-7-4-8-12-16/h4,7-8,11-12H,2-3,5-6,9-10,13-15H2,1H3. The number of oxazole rings is 1. The molecule has 0 N–H and O–H groups in total. The van der Waals surface area contributed by atoms with Gasteiger partial charge in [0.1, 0.15) is 0 Å². The summed E-state index contributed by atoms with van der Waals surface area (Å²) in [4.78, 5) is 6.71. The van der Waals surface area contributed by atoms with Crippen molar-refractivity contribution in [2.24, 2.45) is 0 Å². The molecule has 2 heterocycles. The molecule has 0 saturated carbocycles. The van der Waals surface area contributed by atoms with Crippen LogP contribution in [0.15, 0.2) is 44.7 Å². The molecule has 5 nitrogen and oxygen atoms in total. The highest BCUT2D eigenvalue weighted by molar-refractivity contribution is 7.91. The molecule has 1 fully saturated rings. The molecule has 0 radical (unpaired) electrons. The monoisotopic (exact) mass is 362 g/mol. The van der Waals surface area contributed by atoms with Gasteiger partial charge in [0.15, 0.2) is 5.89 Å². The number of hydrogen-bond acceptors (Lipinski definition) is 5. The van der Waals surface area contributed by atoms with Gasteiger partial charge in [0.05, 0.1) is 4.90 Å². The van der Waals surface area contributed by atoms with Crippen LogP contribution in [0.4, 0.5) is 5.88 Å². The average molecular weight is 362 g/mol. The van der Waals surface area contributed by atoms with Crippen molar-refractivity contribution in [1.29, 1.82) is 0 Å². The van der Waals surface area contributed by atoms with Gasteiger partial charge >= 0.3 is 0 Å². The zero-order chi connectivity index (χ0) is 17.7. The Morgan fingerprint density at radius 3 is 2.48 bits per heavy atom. The van der Waals surface area contributed by atoms with Gasteiger partial charge in [0.25, 0.3) is 0 Å². The second kappa shape index (κ2) is 8.04. The maximum Gasteiger partial charge on any atom is 0.236 e. The molecule has 0 aliphatic carbocycles. The fourth-order valence-electron chi connectivity index (χ4n) is 3.16. The van der Waals surface area contributed by atoms with Crippen LogP contribution in [0, 0.1) is 0 Å². The molecule has 0 unspecified atom stereocenters. The van der Waals surface area contributed by atoms with Crippen LogP contribution in [0.2, 0.25) is 0 Å². The first-order chi connectivity index (χ1) is 12.1. The number of unbranched alkanes of at least 4 members (excludes halogenated alkanes) is 2. The summed E-state index contributed by atoms with van der Waals surface area (Å²) >= 11 is 0. The fraction of sp³-hybridized carbons (Fsp3) is 0.526. The second-order valence-corrected chi connectivity index (χ2v) is 8.40. The average Bonchev–Trinajstić information content (AvgIpc) is 3.08. The first kappa shape index (κ1) is 18.0. The Morgan fingerprint density at radius 2 is 1.80 bits per heavy atom. The number of rotatable bonds is 7. The molecule has 0 amide bonds. The maximum atomic E-state index is 13.1. The van der Waals surface area contributed by atoms with Crippen LogP contribution in [0.1, 0.15) is 51.3 Å². The van der Waals surface area contributed by atoms with Crippen LogP contribution in [0.25, 0.3) is 0 Å². The number of nitrogens with zero attached hydrogens (tertiary/aromatic N) is 2. The molecule has 1 aliphatic rings. The molecule has 136 valence electrons. The Labute approximate surface area is 150 Å². The predicted molar refractivity (Wildman–Crippen MR) is 97.7 cm³/mol. The Morgan fingerprint density at radius 1 is 1.08 bits per heavy atom. The van der Waals surface area contributed by atoms with E-state index < -0.39 is 9.84 Å². The number of sulfone groups is 1. The summed E-state index contributed by atoms with van der Waals surface area (Å²) in [6, 6.07) is 8.50. The van der Waals surface area contributed by atoms with E-state index in [4.69, 9.17) is 4.42 Å². The van der Waals surface area contributed by atoms with Crippen molar-refractivity contribution in [3.05, 3.63) is 36.2 Å². The first-order valence-electron chi connectivity index (χ1n) is 9.17. The van der Waals surface area contributed by atoms with E-state index in [2.05, 4.69) is 11.9 Å². The maximum absolute atomic E-state index is 13.1. The van der Waals surface area contributed by atoms with Crippen LogP contribution in [0.3, 0.4) is 0 Å². The third kappa shape index (κ3) is 4.06. The van der Waals surface area contributed by atoms with Crippen molar-refractivity contribution < 1.29 is 12.8 Å². The highest BCUT2D eigenvalue weighted by Crippen LogP contribution is 2.33. The minimum atomic E-state index is -3.68. The SMILES string of the molecule is CCCCCc1nc(S(=O)(=O)c2ccccc2)c(N2CCCCC2)o1. The van der Waals surface area contributed by atoms with E-state index in [0.717, 1.165) is 45.2 Å². The van der Waals surface area contributed by atoms with Crippen LogP contribution >= 0.6 is 0 Å². The molecule has 3 rings (SSSR count). The Balaban J connectivity index is 1.97. The molecule has 0 atom stereocenters. The zero-order valence-electron chi connectivity index (χ0n) is 14.8. The van der Waals surface area contributed by atoms with Crippen LogP contribution in [0.5, 0.6) is 0 Å². The summed E-state index contributed by atoms with van der Waals surface area (Å²) in [5.74, 6) is 0.957. The van der Waals surface area contributed by atoms with Crippen molar-refractivity contribution in [3.63, 3.8) is 0 Å². The minimum Gasteiger partial charge on any atom is -0.424 e. The smallest absolute Gasteiger partial charge is 0.236 e. The van der Waals surface area contributed by atoms with E-state index in [0.29, 0.717) is 18.2 Å². The highest BCUT2D eigenvalue weighted by Gasteiger charge is 2.31. The van der Waals surface area contributed by atoms with Gasteiger partial charge in [-0.15, -0.1) is 0 Å². The molecular formula is C19H26N2O3S. The molecule has 0 bridgehead atoms. The van der Waals surface area contributed by atoms with Gasteiger partial charge in [-0.1, -0.05) is 38.0 Å². The summed E-state index contributed by atoms with van der Waals surface area (Å²) in [6.45, 7) is 3.78. The minimum absolute atomic E-state index is 0.0760. The zero-order valence-corrected chi connectivity index (χ0v) is 15.6. The van der Waals surface area contributed by atoms with E-state index in [1.54, 1.807) is 24.3 Å². The van der Waals surface area contributed by atoms with E-state index >= 15 is 0 Å². The lowest BCUT2D eigenvalue weighted by Gasteiger charge is -2.26. The number of benzene rings is 1. The largest absolute Gasteiger partial charge is 0.424 e. The summed E-state index contributed by atoms with van der Waals surface area (Å²) < 4.78 is 32.1. The number of anilines is 1. The molecular weight excluding hydrogens is 336 g/mol. The van der Waals surface area contributed by atoms with Crippen molar-refractivity contribution in [2.45, 2.75) is 61.8 Å². The lowest BCUT2D eigenvalue weighted by Crippen LogP contribution is -2.30. The summed E-state index contributed by atoms with van der Waals surface area (Å²) in [7, 11) is -3.68. The molecule has 0 spiro atoms. The molecule has 25 heavy (non-hydrogen) atoms. The van der Waals surface area contributed by atoms with Gasteiger partial charge in [-0.3, -0.25) is 0 Å². The number of piperidine rings is 1. The number of hydrogen-bond donors (Lipinski definition) is 0. The van der Waals surface area contributed by atoms with Crippen LogP contribution in [-0.4, -0.2) is 26.5 Å².